The molecule has 0 unspecified atom stereocenters. The van der Waals surface area contributed by atoms with Crippen LogP contribution in [0.3, 0.4) is 0 Å². The zero-order valence-electron chi connectivity index (χ0n) is 10.2. The molecule has 0 aromatic carbocycles. The van der Waals surface area contributed by atoms with E-state index in [1.807, 2.05) is 16.3 Å². The fourth-order valence-electron chi connectivity index (χ4n) is 2.17. The molecule has 4 nitrogen and oxygen atoms in total. The van der Waals surface area contributed by atoms with Crippen molar-refractivity contribution in [2.75, 3.05) is 12.0 Å². The summed E-state index contributed by atoms with van der Waals surface area (Å²) in [6.45, 7) is 0.864. The monoisotopic (exact) mass is 273 g/mol. The fraction of sp³-hybridized carbons (Fsp3) is 0.818. The van der Waals surface area contributed by atoms with Gasteiger partial charge in [0.15, 0.2) is 0 Å². The summed E-state index contributed by atoms with van der Waals surface area (Å²) in [6.07, 6.45) is 10.2. The highest BCUT2D eigenvalue weighted by Gasteiger charge is 2.14. The van der Waals surface area contributed by atoms with E-state index in [0.717, 1.165) is 17.5 Å². The van der Waals surface area contributed by atoms with Gasteiger partial charge in [0.1, 0.15) is 6.33 Å². The lowest BCUT2D eigenvalue weighted by Crippen LogP contribution is -2.11. The van der Waals surface area contributed by atoms with E-state index in [4.69, 9.17) is 0 Å². The van der Waals surface area contributed by atoms with Gasteiger partial charge in [0.05, 0.1) is 10.8 Å². The Kier molecular flexibility index (Phi) is 5.03. The highest BCUT2D eigenvalue weighted by molar-refractivity contribution is 7.99. The molecule has 1 fully saturated rings. The van der Waals surface area contributed by atoms with Crippen molar-refractivity contribution in [3.63, 3.8) is 0 Å². The van der Waals surface area contributed by atoms with Gasteiger partial charge in [-0.05, 0) is 12.8 Å². The average Bonchev–Trinajstić information content (AvgIpc) is 2.79. The van der Waals surface area contributed by atoms with Crippen molar-refractivity contribution in [3.8, 4) is 0 Å². The Labute approximate surface area is 109 Å². The van der Waals surface area contributed by atoms with Crippen molar-refractivity contribution < 1.29 is 4.21 Å². The summed E-state index contributed by atoms with van der Waals surface area (Å²) < 4.78 is 13.3. The van der Waals surface area contributed by atoms with Crippen LogP contribution in [0.5, 0.6) is 0 Å². The van der Waals surface area contributed by atoms with E-state index in [1.54, 1.807) is 12.6 Å². The highest BCUT2D eigenvalue weighted by Crippen LogP contribution is 2.28. The number of aromatic nitrogens is 3. The lowest BCUT2D eigenvalue weighted by atomic mass is 10.0. The molecular weight excluding hydrogens is 254 g/mol. The Morgan fingerprint density at radius 2 is 2.24 bits per heavy atom. The third-order valence-corrected chi connectivity index (χ3v) is 5.27. The molecule has 0 saturated heterocycles. The first-order chi connectivity index (χ1) is 8.27. The van der Waals surface area contributed by atoms with Gasteiger partial charge in [0, 0.05) is 23.8 Å². The number of rotatable bonds is 5. The first kappa shape index (κ1) is 13.1. The highest BCUT2D eigenvalue weighted by atomic mass is 32.2. The summed E-state index contributed by atoms with van der Waals surface area (Å²) in [7, 11) is -1.04. The molecule has 1 aromatic heterocycles. The second kappa shape index (κ2) is 6.54. The zero-order valence-corrected chi connectivity index (χ0v) is 11.8. The fourth-order valence-corrected chi connectivity index (χ4v) is 4.10. The summed E-state index contributed by atoms with van der Waals surface area (Å²) in [5.74, 6) is 1.06. The maximum Gasteiger partial charge on any atom is 0.221 e. The summed E-state index contributed by atoms with van der Waals surface area (Å²) in [4.78, 5) is 0. The van der Waals surface area contributed by atoms with Gasteiger partial charge in [-0.2, -0.15) is 11.8 Å². The summed E-state index contributed by atoms with van der Waals surface area (Å²) >= 11 is 2.04. The van der Waals surface area contributed by atoms with Crippen LogP contribution in [0.1, 0.15) is 32.1 Å². The van der Waals surface area contributed by atoms with E-state index in [9.17, 15) is 4.21 Å². The topological polar surface area (TPSA) is 47.8 Å². The lowest BCUT2D eigenvalue weighted by Gasteiger charge is -2.20. The van der Waals surface area contributed by atoms with Crippen molar-refractivity contribution in [2.24, 2.45) is 0 Å². The predicted molar refractivity (Wildman–Crippen MR) is 71.7 cm³/mol. The Bertz CT molecular complexity index is 375. The molecule has 6 heteroatoms. The van der Waals surface area contributed by atoms with Crippen molar-refractivity contribution in [1.82, 2.24) is 14.8 Å². The average molecular weight is 273 g/mol. The van der Waals surface area contributed by atoms with Gasteiger partial charge in [0.2, 0.25) is 5.16 Å². The lowest BCUT2D eigenvalue weighted by molar-refractivity contribution is 0.515. The number of hydrogen-bond donors (Lipinski definition) is 0. The second-order valence-corrected chi connectivity index (χ2v) is 7.07. The van der Waals surface area contributed by atoms with Crippen LogP contribution in [0.4, 0.5) is 0 Å². The molecule has 96 valence electrons. The van der Waals surface area contributed by atoms with Crippen molar-refractivity contribution in [1.29, 1.82) is 0 Å². The molecule has 0 aliphatic heterocycles. The van der Waals surface area contributed by atoms with E-state index >= 15 is 0 Å². The van der Waals surface area contributed by atoms with Gasteiger partial charge < -0.3 is 4.57 Å². The normalized spacial score (nSPS) is 19.4. The summed E-state index contributed by atoms with van der Waals surface area (Å²) in [6, 6.07) is 0. The van der Waals surface area contributed by atoms with Crippen molar-refractivity contribution >= 4 is 22.6 Å². The first-order valence-corrected chi connectivity index (χ1v) is 8.71. The van der Waals surface area contributed by atoms with Gasteiger partial charge >= 0.3 is 0 Å². The molecule has 0 bridgehead atoms. The smallest absolute Gasteiger partial charge is 0.221 e. The van der Waals surface area contributed by atoms with Gasteiger partial charge in [-0.3, -0.25) is 4.21 Å². The molecule has 1 atom stereocenters. The molecule has 0 spiro atoms. The van der Waals surface area contributed by atoms with Crippen LogP contribution in [0, 0.1) is 0 Å². The van der Waals surface area contributed by atoms with Crippen molar-refractivity contribution in [2.45, 2.75) is 49.1 Å². The Balaban J connectivity index is 1.77. The summed E-state index contributed by atoms with van der Waals surface area (Å²) in [5, 5.41) is 9.13. The molecule has 0 radical (unpaired) electrons. The number of hydrogen-bond acceptors (Lipinski definition) is 4. The maximum atomic E-state index is 11.4. The molecule has 1 saturated carbocycles. The van der Waals surface area contributed by atoms with Crippen LogP contribution in [-0.2, 0) is 17.3 Å². The number of thioether (sulfide) groups is 1. The van der Waals surface area contributed by atoms with Crippen LogP contribution in [-0.4, -0.2) is 36.2 Å². The predicted octanol–water partition coefficient (Wildman–Crippen LogP) is 2.08. The molecule has 1 aromatic rings. The largest absolute Gasteiger partial charge is 0.306 e. The quantitative estimate of drug-likeness (QED) is 0.824. The van der Waals surface area contributed by atoms with Crippen LogP contribution in [0.25, 0.3) is 0 Å². The Morgan fingerprint density at radius 1 is 1.47 bits per heavy atom. The van der Waals surface area contributed by atoms with E-state index in [1.165, 1.54) is 32.1 Å². The van der Waals surface area contributed by atoms with E-state index in [0.29, 0.717) is 5.16 Å². The molecule has 0 N–H and O–H groups in total. The van der Waals surface area contributed by atoms with Gasteiger partial charge in [0.25, 0.3) is 0 Å². The molecule has 1 aliphatic rings. The molecule has 1 aliphatic carbocycles. The molecule has 2 rings (SSSR count). The zero-order chi connectivity index (χ0) is 12.1. The number of nitrogens with zero attached hydrogens (tertiary/aromatic N) is 3. The molecule has 0 amide bonds. The van der Waals surface area contributed by atoms with Crippen LogP contribution < -0.4 is 0 Å². The Morgan fingerprint density at radius 3 is 2.94 bits per heavy atom. The Hall–Kier alpha value is -0.360. The van der Waals surface area contributed by atoms with E-state index in [2.05, 4.69) is 10.2 Å². The second-order valence-electron chi connectivity index (χ2n) is 4.39. The minimum absolute atomic E-state index is 0.592. The van der Waals surface area contributed by atoms with Gasteiger partial charge in [-0.15, -0.1) is 10.2 Å². The summed E-state index contributed by atoms with van der Waals surface area (Å²) in [5.41, 5.74) is 0. The van der Waals surface area contributed by atoms with Gasteiger partial charge in [-0.1, -0.05) is 19.3 Å². The molecular formula is C11H19N3OS2. The number of aryl methyl sites for hydroxylation is 1. The van der Waals surface area contributed by atoms with Crippen molar-refractivity contribution in [3.05, 3.63) is 6.33 Å². The van der Waals surface area contributed by atoms with Crippen LogP contribution >= 0.6 is 11.8 Å². The molecule has 1 heterocycles. The first-order valence-electron chi connectivity index (χ1n) is 6.10. The SMILES string of the molecule is C[S@](=O)c1nncn1CCSC1CCCCC1. The van der Waals surface area contributed by atoms with E-state index < -0.39 is 10.8 Å². The third kappa shape index (κ3) is 3.81. The van der Waals surface area contributed by atoms with E-state index in [-0.39, 0.29) is 0 Å². The maximum absolute atomic E-state index is 11.4. The van der Waals surface area contributed by atoms with Crippen LogP contribution in [0.2, 0.25) is 0 Å². The van der Waals surface area contributed by atoms with Crippen LogP contribution in [0.15, 0.2) is 11.5 Å². The van der Waals surface area contributed by atoms with Gasteiger partial charge in [-0.25, -0.2) is 0 Å². The third-order valence-electron chi connectivity index (χ3n) is 3.08. The molecule has 17 heavy (non-hydrogen) atoms. The minimum Gasteiger partial charge on any atom is -0.306 e. The minimum atomic E-state index is -1.04. The standard InChI is InChI=1S/C11H19N3OS2/c1-17(15)11-13-12-9-14(11)7-8-16-10-5-3-2-4-6-10/h9-10H,2-8H2,1H3/t17-/m0/s1.